The number of ether oxygens (including phenoxy) is 1. The van der Waals surface area contributed by atoms with Gasteiger partial charge in [-0.1, -0.05) is 0 Å². The number of hydrogen-bond donors (Lipinski definition) is 1. The molecule has 21 heavy (non-hydrogen) atoms. The van der Waals surface area contributed by atoms with Crippen molar-refractivity contribution in [2.45, 2.75) is 51.6 Å². The third-order valence-corrected chi connectivity index (χ3v) is 5.93. The average Bonchev–Trinajstić information content (AvgIpc) is 2.44. The summed E-state index contributed by atoms with van der Waals surface area (Å²) in [6.45, 7) is 3.09. The van der Waals surface area contributed by atoms with Crippen LogP contribution in [0.5, 0.6) is 0 Å². The molecule has 4 saturated carbocycles. The lowest BCUT2D eigenvalue weighted by atomic mass is 9.50. The number of ketones is 1. The molecule has 1 N–H and O–H groups in total. The van der Waals surface area contributed by atoms with Gasteiger partial charge in [0.2, 0.25) is 0 Å². The number of aliphatic hydroxyl groups excluding tert-OH is 1. The normalized spacial score (nSPS) is 41.2. The number of carbonyl (C=O) groups excluding carboxylic acids is 2. The van der Waals surface area contributed by atoms with Gasteiger partial charge >= 0.3 is 5.97 Å². The topological polar surface area (TPSA) is 63.6 Å². The molecule has 4 fully saturated rings. The maximum Gasteiger partial charge on any atom is 0.334 e. The SMILES string of the molecule is CC(=CC(=O)CO)C(=O)OC1(C)C2CC3CC(C2)CC1C3. The summed E-state index contributed by atoms with van der Waals surface area (Å²) in [4.78, 5) is 23.5. The summed E-state index contributed by atoms with van der Waals surface area (Å²) in [6, 6.07) is 0. The van der Waals surface area contributed by atoms with Crippen molar-refractivity contribution in [3.8, 4) is 0 Å². The molecule has 4 rings (SSSR count). The second-order valence-electron chi connectivity index (χ2n) is 7.33. The lowest BCUT2D eigenvalue weighted by Crippen LogP contribution is -2.58. The highest BCUT2D eigenvalue weighted by molar-refractivity contribution is 5.99. The Morgan fingerprint density at radius 3 is 2.14 bits per heavy atom. The maximum absolute atomic E-state index is 12.3. The highest BCUT2D eigenvalue weighted by atomic mass is 16.6. The van der Waals surface area contributed by atoms with Gasteiger partial charge in [0.15, 0.2) is 5.78 Å². The second-order valence-corrected chi connectivity index (χ2v) is 7.33. The first-order chi connectivity index (χ1) is 9.92. The van der Waals surface area contributed by atoms with E-state index in [2.05, 4.69) is 6.92 Å². The Morgan fingerprint density at radius 2 is 1.67 bits per heavy atom. The standard InChI is InChI=1S/C17H24O4/c1-10(3-15(19)9-18)16(20)21-17(2)13-5-11-4-12(7-13)8-14(17)6-11/h3,11-14,18H,4-9H2,1-2H3. The Balaban J connectivity index is 1.73. The number of rotatable bonds is 4. The molecule has 0 aromatic heterocycles. The van der Waals surface area contributed by atoms with Crippen molar-refractivity contribution in [1.29, 1.82) is 0 Å². The molecule has 0 spiro atoms. The van der Waals surface area contributed by atoms with E-state index in [-0.39, 0.29) is 11.2 Å². The minimum Gasteiger partial charge on any atom is -0.455 e. The molecule has 4 aliphatic carbocycles. The van der Waals surface area contributed by atoms with E-state index in [1.165, 1.54) is 38.2 Å². The van der Waals surface area contributed by atoms with Crippen LogP contribution in [-0.4, -0.2) is 29.1 Å². The van der Waals surface area contributed by atoms with Crippen molar-refractivity contribution in [1.82, 2.24) is 0 Å². The third kappa shape index (κ3) is 2.54. The first-order valence-electron chi connectivity index (χ1n) is 7.97. The van der Waals surface area contributed by atoms with Crippen LogP contribution in [0.4, 0.5) is 0 Å². The van der Waals surface area contributed by atoms with Crippen molar-refractivity contribution in [2.75, 3.05) is 6.61 Å². The Hall–Kier alpha value is -1.16. The highest BCUT2D eigenvalue weighted by Gasteiger charge is 2.57. The molecule has 0 amide bonds. The summed E-state index contributed by atoms with van der Waals surface area (Å²) in [7, 11) is 0. The zero-order chi connectivity index (χ0) is 15.2. The summed E-state index contributed by atoms with van der Waals surface area (Å²) in [5.74, 6) is 1.73. The Labute approximate surface area is 125 Å². The first kappa shape index (κ1) is 14.8. The quantitative estimate of drug-likeness (QED) is 0.637. The van der Waals surface area contributed by atoms with Crippen molar-refractivity contribution in [3.63, 3.8) is 0 Å². The molecule has 0 saturated heterocycles. The van der Waals surface area contributed by atoms with Crippen molar-refractivity contribution in [2.24, 2.45) is 23.7 Å². The number of carbonyl (C=O) groups is 2. The molecule has 0 atom stereocenters. The zero-order valence-corrected chi connectivity index (χ0v) is 12.8. The zero-order valence-electron chi connectivity index (χ0n) is 12.8. The monoisotopic (exact) mass is 292 g/mol. The highest BCUT2D eigenvalue weighted by Crippen LogP contribution is 2.59. The summed E-state index contributed by atoms with van der Waals surface area (Å²) < 4.78 is 5.88. The Kier molecular flexibility index (Phi) is 3.68. The van der Waals surface area contributed by atoms with Gasteiger partial charge in [0.25, 0.3) is 0 Å². The summed E-state index contributed by atoms with van der Waals surface area (Å²) in [6.07, 6.45) is 7.25. The molecule has 0 heterocycles. The molecule has 0 aromatic rings. The number of aliphatic hydroxyl groups is 1. The van der Waals surface area contributed by atoms with E-state index in [1.807, 2.05) is 0 Å². The molecule has 0 aromatic carbocycles. The molecular formula is C17H24O4. The van der Waals surface area contributed by atoms with Gasteiger partial charge < -0.3 is 9.84 Å². The van der Waals surface area contributed by atoms with Gasteiger partial charge in [-0.2, -0.15) is 0 Å². The van der Waals surface area contributed by atoms with Crippen LogP contribution in [0.15, 0.2) is 11.6 Å². The lowest BCUT2D eigenvalue weighted by molar-refractivity contribution is -0.199. The molecular weight excluding hydrogens is 268 g/mol. The number of hydrogen-bond acceptors (Lipinski definition) is 4. The molecule has 4 aliphatic rings. The average molecular weight is 292 g/mol. The minimum atomic E-state index is -0.573. The van der Waals surface area contributed by atoms with Gasteiger partial charge in [-0.15, -0.1) is 0 Å². The van der Waals surface area contributed by atoms with Gasteiger partial charge in [-0.25, -0.2) is 4.79 Å². The van der Waals surface area contributed by atoms with E-state index in [0.29, 0.717) is 11.8 Å². The maximum atomic E-state index is 12.3. The minimum absolute atomic E-state index is 0.282. The molecule has 0 radical (unpaired) electrons. The largest absolute Gasteiger partial charge is 0.455 e. The Bertz CT molecular complexity index is 463. The fourth-order valence-corrected chi connectivity index (χ4v) is 4.91. The van der Waals surface area contributed by atoms with Crippen molar-refractivity contribution in [3.05, 3.63) is 11.6 Å². The van der Waals surface area contributed by atoms with Crippen LogP contribution < -0.4 is 0 Å². The molecule has 4 nitrogen and oxygen atoms in total. The van der Waals surface area contributed by atoms with E-state index < -0.39 is 18.4 Å². The smallest absolute Gasteiger partial charge is 0.334 e. The molecule has 0 unspecified atom stereocenters. The predicted octanol–water partition coefficient (Wildman–Crippen LogP) is 2.25. The van der Waals surface area contributed by atoms with Crippen LogP contribution in [0.2, 0.25) is 0 Å². The van der Waals surface area contributed by atoms with Gasteiger partial charge in [0.1, 0.15) is 12.2 Å². The van der Waals surface area contributed by atoms with Crippen LogP contribution in [-0.2, 0) is 14.3 Å². The van der Waals surface area contributed by atoms with Crippen LogP contribution in [0, 0.1) is 23.7 Å². The van der Waals surface area contributed by atoms with E-state index in [1.54, 1.807) is 6.92 Å². The molecule has 4 heteroatoms. The van der Waals surface area contributed by atoms with E-state index in [0.717, 1.165) is 11.8 Å². The Morgan fingerprint density at radius 1 is 1.14 bits per heavy atom. The second kappa shape index (κ2) is 5.24. The van der Waals surface area contributed by atoms with Crippen LogP contribution in [0.25, 0.3) is 0 Å². The molecule has 116 valence electrons. The summed E-state index contributed by atoms with van der Waals surface area (Å²) in [5, 5.41) is 8.76. The van der Waals surface area contributed by atoms with Crippen molar-refractivity contribution < 1.29 is 19.4 Å². The van der Waals surface area contributed by atoms with E-state index in [4.69, 9.17) is 9.84 Å². The lowest BCUT2D eigenvalue weighted by Gasteiger charge is -2.59. The predicted molar refractivity (Wildman–Crippen MR) is 77.4 cm³/mol. The van der Waals surface area contributed by atoms with Gasteiger partial charge in [-0.3, -0.25) is 4.79 Å². The number of esters is 1. The van der Waals surface area contributed by atoms with E-state index >= 15 is 0 Å². The van der Waals surface area contributed by atoms with Gasteiger partial charge in [0, 0.05) is 5.57 Å². The van der Waals surface area contributed by atoms with Crippen molar-refractivity contribution >= 4 is 11.8 Å². The van der Waals surface area contributed by atoms with Crippen LogP contribution in [0.1, 0.15) is 46.0 Å². The fourth-order valence-electron chi connectivity index (χ4n) is 4.91. The molecule has 4 bridgehead atoms. The summed E-state index contributed by atoms with van der Waals surface area (Å²) in [5.41, 5.74) is -0.0916. The van der Waals surface area contributed by atoms with Crippen LogP contribution in [0.3, 0.4) is 0 Å². The fraction of sp³-hybridized carbons (Fsp3) is 0.765. The van der Waals surface area contributed by atoms with E-state index in [9.17, 15) is 9.59 Å². The first-order valence-corrected chi connectivity index (χ1v) is 7.97. The van der Waals surface area contributed by atoms with Gasteiger partial charge in [-0.05, 0) is 75.7 Å². The van der Waals surface area contributed by atoms with Crippen LogP contribution >= 0.6 is 0 Å². The molecule has 0 aliphatic heterocycles. The third-order valence-electron chi connectivity index (χ3n) is 5.93. The summed E-state index contributed by atoms with van der Waals surface area (Å²) >= 11 is 0. The van der Waals surface area contributed by atoms with Gasteiger partial charge in [0.05, 0.1) is 0 Å².